The zero-order valence-electron chi connectivity index (χ0n) is 5.46. The van der Waals surface area contributed by atoms with E-state index in [1.807, 2.05) is 0 Å². The lowest BCUT2D eigenvalue weighted by Gasteiger charge is -2.21. The molecule has 2 heteroatoms. The summed E-state index contributed by atoms with van der Waals surface area (Å²) in [5.41, 5.74) is 5.75. The van der Waals surface area contributed by atoms with Crippen LogP contribution in [0.4, 0.5) is 0 Å². The molecule has 0 aliphatic heterocycles. The molecule has 2 saturated carbocycles. The average molecular weight is 127 g/mol. The van der Waals surface area contributed by atoms with Crippen molar-refractivity contribution in [3.8, 4) is 0 Å². The molecule has 0 unspecified atom stereocenters. The van der Waals surface area contributed by atoms with Crippen LogP contribution in [0.15, 0.2) is 0 Å². The normalized spacial score (nSPS) is 56.7. The molecule has 0 spiro atoms. The summed E-state index contributed by atoms with van der Waals surface area (Å²) in [5, 5.41) is 9.31. The maximum Gasteiger partial charge on any atom is 0.0585 e. The molecule has 3 N–H and O–H groups in total. The zero-order valence-corrected chi connectivity index (χ0v) is 5.46. The summed E-state index contributed by atoms with van der Waals surface area (Å²) in [4.78, 5) is 0. The minimum absolute atomic E-state index is 0.0706. The molecule has 0 aromatic heterocycles. The number of fused-ring (bicyclic) bond motifs is 2. The maximum absolute atomic E-state index is 9.31. The number of nitrogens with two attached hydrogens (primary N) is 1. The highest BCUT2D eigenvalue weighted by Crippen LogP contribution is 2.43. The molecule has 0 aromatic carbocycles. The van der Waals surface area contributed by atoms with Gasteiger partial charge in [-0.1, -0.05) is 0 Å². The van der Waals surface area contributed by atoms with Crippen LogP contribution in [0.1, 0.15) is 19.3 Å². The van der Waals surface area contributed by atoms with Crippen molar-refractivity contribution < 1.29 is 5.11 Å². The third kappa shape index (κ3) is 0.700. The summed E-state index contributed by atoms with van der Waals surface area (Å²) in [6, 6.07) is 0.304. The Balaban J connectivity index is 2.13. The smallest absolute Gasteiger partial charge is 0.0585 e. The SMILES string of the molecule is N[C@@H]1C[C@@H]2C[C@@H]1[C@@H](O)C2. The molecule has 2 fully saturated rings. The number of rotatable bonds is 0. The molecule has 0 radical (unpaired) electrons. The Morgan fingerprint density at radius 3 is 2.33 bits per heavy atom. The summed E-state index contributed by atoms with van der Waals surface area (Å²) in [6.07, 6.45) is 3.28. The highest BCUT2D eigenvalue weighted by Gasteiger charge is 2.43. The van der Waals surface area contributed by atoms with Gasteiger partial charge >= 0.3 is 0 Å². The molecule has 4 atom stereocenters. The highest BCUT2D eigenvalue weighted by atomic mass is 16.3. The van der Waals surface area contributed by atoms with E-state index in [0.717, 1.165) is 18.8 Å². The summed E-state index contributed by atoms with van der Waals surface area (Å²) >= 11 is 0. The van der Waals surface area contributed by atoms with Crippen molar-refractivity contribution in [1.29, 1.82) is 0 Å². The van der Waals surface area contributed by atoms with E-state index in [9.17, 15) is 5.11 Å². The fourth-order valence-corrected chi connectivity index (χ4v) is 2.37. The minimum Gasteiger partial charge on any atom is -0.393 e. The third-order valence-electron chi connectivity index (χ3n) is 2.83. The van der Waals surface area contributed by atoms with Gasteiger partial charge < -0.3 is 10.8 Å². The van der Waals surface area contributed by atoms with E-state index in [4.69, 9.17) is 5.73 Å². The van der Waals surface area contributed by atoms with Crippen LogP contribution in [0.3, 0.4) is 0 Å². The monoisotopic (exact) mass is 127 g/mol. The fourth-order valence-electron chi connectivity index (χ4n) is 2.37. The van der Waals surface area contributed by atoms with Crippen LogP contribution < -0.4 is 5.73 Å². The second-order valence-corrected chi connectivity index (χ2v) is 3.47. The lowest BCUT2D eigenvalue weighted by molar-refractivity contribution is 0.103. The first-order valence-corrected chi connectivity index (χ1v) is 3.71. The number of hydrogen-bond donors (Lipinski definition) is 2. The number of hydrogen-bond acceptors (Lipinski definition) is 2. The Bertz CT molecular complexity index is 114. The first-order valence-electron chi connectivity index (χ1n) is 3.71. The molecule has 0 heterocycles. The maximum atomic E-state index is 9.31. The van der Waals surface area contributed by atoms with Crippen LogP contribution in [-0.4, -0.2) is 17.3 Å². The van der Waals surface area contributed by atoms with Crippen molar-refractivity contribution in [2.75, 3.05) is 0 Å². The van der Waals surface area contributed by atoms with Gasteiger partial charge in [0.1, 0.15) is 0 Å². The van der Waals surface area contributed by atoms with Crippen molar-refractivity contribution in [3.05, 3.63) is 0 Å². The van der Waals surface area contributed by atoms with Crippen molar-refractivity contribution in [1.82, 2.24) is 0 Å². The minimum atomic E-state index is -0.0706. The van der Waals surface area contributed by atoms with Gasteiger partial charge in [0, 0.05) is 12.0 Å². The van der Waals surface area contributed by atoms with Gasteiger partial charge in [-0.25, -0.2) is 0 Å². The van der Waals surface area contributed by atoms with Gasteiger partial charge in [0.05, 0.1) is 6.10 Å². The van der Waals surface area contributed by atoms with Gasteiger partial charge in [0.25, 0.3) is 0 Å². The van der Waals surface area contributed by atoms with E-state index in [1.165, 1.54) is 6.42 Å². The van der Waals surface area contributed by atoms with Crippen molar-refractivity contribution in [2.24, 2.45) is 17.6 Å². The first-order chi connectivity index (χ1) is 4.27. The van der Waals surface area contributed by atoms with Gasteiger partial charge in [0.2, 0.25) is 0 Å². The molecule has 0 aromatic rings. The van der Waals surface area contributed by atoms with E-state index >= 15 is 0 Å². The van der Waals surface area contributed by atoms with Gasteiger partial charge in [-0.15, -0.1) is 0 Å². The molecule has 0 amide bonds. The molecule has 2 rings (SSSR count). The fraction of sp³-hybridized carbons (Fsp3) is 1.00. The predicted molar refractivity (Wildman–Crippen MR) is 34.8 cm³/mol. The average Bonchev–Trinajstić information content (AvgIpc) is 2.22. The van der Waals surface area contributed by atoms with Crippen LogP contribution >= 0.6 is 0 Å². The van der Waals surface area contributed by atoms with Crippen molar-refractivity contribution in [2.45, 2.75) is 31.4 Å². The Kier molecular flexibility index (Phi) is 1.08. The number of aliphatic hydroxyl groups excluding tert-OH is 1. The second-order valence-electron chi connectivity index (χ2n) is 3.47. The quantitative estimate of drug-likeness (QED) is 0.485. The van der Waals surface area contributed by atoms with Gasteiger partial charge in [-0.05, 0) is 25.2 Å². The number of aliphatic hydroxyl groups is 1. The molecule has 52 valence electrons. The topological polar surface area (TPSA) is 46.2 Å². The summed E-state index contributed by atoms with van der Waals surface area (Å²) in [7, 11) is 0. The van der Waals surface area contributed by atoms with Crippen molar-refractivity contribution >= 4 is 0 Å². The summed E-state index contributed by atoms with van der Waals surface area (Å²) in [5.74, 6) is 1.19. The Hall–Kier alpha value is -0.0800. The first kappa shape index (κ1) is 5.69. The van der Waals surface area contributed by atoms with Crippen LogP contribution in [-0.2, 0) is 0 Å². The Morgan fingerprint density at radius 2 is 2.00 bits per heavy atom. The summed E-state index contributed by atoms with van der Waals surface area (Å²) in [6.45, 7) is 0. The van der Waals surface area contributed by atoms with Gasteiger partial charge in [-0.2, -0.15) is 0 Å². The predicted octanol–water partition coefficient (Wildman–Crippen LogP) is 0.104. The lowest BCUT2D eigenvalue weighted by Crippen LogP contribution is -2.34. The highest BCUT2D eigenvalue weighted by molar-refractivity contribution is 4.97. The Labute approximate surface area is 55.1 Å². The van der Waals surface area contributed by atoms with E-state index in [0.29, 0.717) is 12.0 Å². The van der Waals surface area contributed by atoms with Crippen LogP contribution in [0, 0.1) is 11.8 Å². The van der Waals surface area contributed by atoms with E-state index < -0.39 is 0 Å². The van der Waals surface area contributed by atoms with Crippen LogP contribution in [0.25, 0.3) is 0 Å². The molecule has 0 saturated heterocycles. The van der Waals surface area contributed by atoms with E-state index in [-0.39, 0.29) is 6.10 Å². The second kappa shape index (κ2) is 1.70. The molecular formula is C7H13NO. The zero-order chi connectivity index (χ0) is 6.43. The molecule has 2 bridgehead atoms. The largest absolute Gasteiger partial charge is 0.393 e. The molecule has 9 heavy (non-hydrogen) atoms. The Morgan fingerprint density at radius 1 is 1.22 bits per heavy atom. The molecule has 2 nitrogen and oxygen atoms in total. The lowest BCUT2D eigenvalue weighted by atomic mass is 9.94. The third-order valence-corrected chi connectivity index (χ3v) is 2.83. The molecule has 2 aliphatic rings. The van der Waals surface area contributed by atoms with Gasteiger partial charge in [-0.3, -0.25) is 0 Å². The van der Waals surface area contributed by atoms with Crippen LogP contribution in [0.5, 0.6) is 0 Å². The summed E-state index contributed by atoms with van der Waals surface area (Å²) < 4.78 is 0. The van der Waals surface area contributed by atoms with E-state index in [2.05, 4.69) is 0 Å². The van der Waals surface area contributed by atoms with Crippen LogP contribution in [0.2, 0.25) is 0 Å². The van der Waals surface area contributed by atoms with Crippen molar-refractivity contribution in [3.63, 3.8) is 0 Å². The standard InChI is InChI=1S/C7H13NO/c8-6-2-4-1-5(6)7(9)3-4/h4-7,9H,1-3,8H2/t4-,5-,6+,7-/m0/s1. The van der Waals surface area contributed by atoms with E-state index in [1.54, 1.807) is 0 Å². The molecule has 2 aliphatic carbocycles. The molecular weight excluding hydrogens is 114 g/mol. The van der Waals surface area contributed by atoms with Gasteiger partial charge in [0.15, 0.2) is 0 Å².